The van der Waals surface area contributed by atoms with Crippen LogP contribution in [0, 0.1) is 0 Å². The van der Waals surface area contributed by atoms with E-state index < -0.39 is 10.0 Å². The minimum Gasteiger partial charge on any atom is -0.284 e. The van der Waals surface area contributed by atoms with Gasteiger partial charge < -0.3 is 0 Å². The zero-order valence-corrected chi connectivity index (χ0v) is 14.8. The number of hydrogen-bond acceptors (Lipinski definition) is 6. The third kappa shape index (κ3) is 3.24. The van der Waals surface area contributed by atoms with Gasteiger partial charge in [-0.25, -0.2) is 8.42 Å². The molecule has 25 heavy (non-hydrogen) atoms. The lowest BCUT2D eigenvalue weighted by atomic mass is 10.1. The van der Waals surface area contributed by atoms with Crippen molar-refractivity contribution in [3.63, 3.8) is 0 Å². The van der Waals surface area contributed by atoms with Crippen molar-refractivity contribution in [3.05, 3.63) is 53.9 Å². The molecule has 0 radical (unpaired) electrons. The van der Waals surface area contributed by atoms with Crippen LogP contribution in [0.3, 0.4) is 0 Å². The molecule has 0 unspecified atom stereocenters. The van der Waals surface area contributed by atoms with Crippen LogP contribution in [0.2, 0.25) is 0 Å². The topological polar surface area (TPSA) is 89.2 Å². The summed E-state index contributed by atoms with van der Waals surface area (Å²) < 4.78 is 27.0. The number of rotatable bonds is 4. The van der Waals surface area contributed by atoms with E-state index in [0.717, 1.165) is 16.7 Å². The summed E-state index contributed by atoms with van der Waals surface area (Å²) in [6, 6.07) is 14.7. The van der Waals surface area contributed by atoms with Crippen molar-refractivity contribution in [2.75, 3.05) is 11.0 Å². The van der Waals surface area contributed by atoms with Crippen molar-refractivity contribution in [1.82, 2.24) is 19.8 Å². The van der Waals surface area contributed by atoms with Gasteiger partial charge in [0.05, 0.1) is 16.8 Å². The van der Waals surface area contributed by atoms with Gasteiger partial charge in [0.25, 0.3) is 0 Å². The molecule has 0 aliphatic rings. The van der Waals surface area contributed by atoms with E-state index in [2.05, 4.69) is 20.0 Å². The molecule has 0 fully saturated rings. The lowest BCUT2D eigenvalue weighted by Gasteiger charge is -2.07. The van der Waals surface area contributed by atoms with Crippen molar-refractivity contribution in [2.24, 2.45) is 0 Å². The molecule has 7 nitrogen and oxygen atoms in total. The summed E-state index contributed by atoms with van der Waals surface area (Å²) in [6.07, 6.45) is 1.12. The fraction of sp³-hybridized carbons (Fsp3) is 0.0625. The van der Waals surface area contributed by atoms with Crippen LogP contribution in [0.5, 0.6) is 0 Å². The Morgan fingerprint density at radius 2 is 1.96 bits per heavy atom. The summed E-state index contributed by atoms with van der Waals surface area (Å²) in [4.78, 5) is 0.977. The number of anilines is 1. The van der Waals surface area contributed by atoms with Gasteiger partial charge in [0.2, 0.25) is 10.0 Å². The molecular formula is C16H13N5O2S2. The number of hydrogen-bond donors (Lipinski definition) is 1. The highest BCUT2D eigenvalue weighted by Gasteiger charge is 2.12. The molecule has 0 bridgehead atoms. The van der Waals surface area contributed by atoms with Crippen LogP contribution in [-0.2, 0) is 10.0 Å². The second kappa shape index (κ2) is 5.94. The van der Waals surface area contributed by atoms with Crippen LogP contribution < -0.4 is 4.72 Å². The summed E-state index contributed by atoms with van der Waals surface area (Å²) in [6.45, 7) is 0. The molecule has 0 saturated carbocycles. The number of nitrogens with zero attached hydrogens (tertiary/aromatic N) is 4. The predicted molar refractivity (Wildman–Crippen MR) is 98.0 cm³/mol. The number of thiophene rings is 1. The SMILES string of the molecule is CS(=O)(=O)Nc1cccc(-c2ccc3nnc(-c4cccs4)n3n2)c1. The number of benzene rings is 1. The Morgan fingerprint density at radius 1 is 1.08 bits per heavy atom. The van der Waals surface area contributed by atoms with E-state index in [1.807, 2.05) is 35.7 Å². The van der Waals surface area contributed by atoms with Gasteiger partial charge in [-0.05, 0) is 35.7 Å². The van der Waals surface area contributed by atoms with Gasteiger partial charge in [0.15, 0.2) is 11.5 Å². The minimum absolute atomic E-state index is 0.490. The number of aromatic nitrogens is 4. The Labute approximate surface area is 148 Å². The van der Waals surface area contributed by atoms with E-state index in [-0.39, 0.29) is 0 Å². The maximum Gasteiger partial charge on any atom is 0.229 e. The third-order valence-corrected chi connectivity index (χ3v) is 4.94. The van der Waals surface area contributed by atoms with Crippen molar-refractivity contribution in [1.29, 1.82) is 0 Å². The van der Waals surface area contributed by atoms with Gasteiger partial charge in [0, 0.05) is 11.3 Å². The van der Waals surface area contributed by atoms with E-state index in [0.29, 0.717) is 22.9 Å². The van der Waals surface area contributed by atoms with Crippen LogP contribution in [0.1, 0.15) is 0 Å². The molecule has 3 aromatic heterocycles. The number of sulfonamides is 1. The van der Waals surface area contributed by atoms with E-state index in [4.69, 9.17) is 0 Å². The maximum absolute atomic E-state index is 11.4. The molecule has 3 heterocycles. The molecule has 0 spiro atoms. The molecule has 0 saturated heterocycles. The van der Waals surface area contributed by atoms with Gasteiger partial charge in [-0.2, -0.15) is 9.61 Å². The fourth-order valence-electron chi connectivity index (χ4n) is 2.46. The Morgan fingerprint density at radius 3 is 2.72 bits per heavy atom. The summed E-state index contributed by atoms with van der Waals surface area (Å²) >= 11 is 1.57. The lowest BCUT2D eigenvalue weighted by Crippen LogP contribution is -2.09. The second-order valence-corrected chi connectivity index (χ2v) is 8.14. The molecular weight excluding hydrogens is 358 g/mol. The Kier molecular flexibility index (Phi) is 3.74. The van der Waals surface area contributed by atoms with E-state index in [1.165, 1.54) is 0 Å². The number of nitrogens with one attached hydrogen (secondary N) is 1. The Hall–Kier alpha value is -2.78. The van der Waals surface area contributed by atoms with Crippen LogP contribution in [0.25, 0.3) is 27.6 Å². The average molecular weight is 371 g/mol. The second-order valence-electron chi connectivity index (χ2n) is 5.44. The molecule has 1 aromatic carbocycles. The minimum atomic E-state index is -3.33. The molecule has 126 valence electrons. The fourth-order valence-corrected chi connectivity index (χ4v) is 3.71. The molecule has 0 amide bonds. The first-order chi connectivity index (χ1) is 12.0. The molecule has 1 N–H and O–H groups in total. The summed E-state index contributed by atoms with van der Waals surface area (Å²) in [5.41, 5.74) is 2.63. The predicted octanol–water partition coefficient (Wildman–Crippen LogP) is 2.89. The van der Waals surface area contributed by atoms with E-state index >= 15 is 0 Å². The van der Waals surface area contributed by atoms with E-state index in [1.54, 1.807) is 34.1 Å². The molecule has 4 rings (SSSR count). The quantitative estimate of drug-likeness (QED) is 0.596. The van der Waals surface area contributed by atoms with Crippen molar-refractivity contribution >= 4 is 32.7 Å². The normalized spacial score (nSPS) is 11.7. The van der Waals surface area contributed by atoms with Crippen LogP contribution in [-0.4, -0.2) is 34.5 Å². The Balaban J connectivity index is 1.80. The van der Waals surface area contributed by atoms with Gasteiger partial charge in [-0.15, -0.1) is 21.5 Å². The van der Waals surface area contributed by atoms with Gasteiger partial charge in [0.1, 0.15) is 0 Å². The average Bonchev–Trinajstić information content (AvgIpc) is 3.22. The van der Waals surface area contributed by atoms with E-state index in [9.17, 15) is 8.42 Å². The molecule has 0 atom stereocenters. The first-order valence-electron chi connectivity index (χ1n) is 7.34. The van der Waals surface area contributed by atoms with Gasteiger partial charge in [-0.3, -0.25) is 4.72 Å². The number of fused-ring (bicyclic) bond motifs is 1. The van der Waals surface area contributed by atoms with Crippen LogP contribution in [0.4, 0.5) is 5.69 Å². The Bertz CT molecular complexity index is 1150. The monoisotopic (exact) mass is 371 g/mol. The molecule has 0 aliphatic heterocycles. The summed E-state index contributed by atoms with van der Waals surface area (Å²) in [7, 11) is -3.33. The van der Waals surface area contributed by atoms with Crippen molar-refractivity contribution in [2.45, 2.75) is 0 Å². The largest absolute Gasteiger partial charge is 0.284 e. The summed E-state index contributed by atoms with van der Waals surface area (Å²) in [5, 5.41) is 14.9. The van der Waals surface area contributed by atoms with Gasteiger partial charge >= 0.3 is 0 Å². The van der Waals surface area contributed by atoms with Crippen LogP contribution >= 0.6 is 11.3 Å². The smallest absolute Gasteiger partial charge is 0.229 e. The van der Waals surface area contributed by atoms with Crippen LogP contribution in [0.15, 0.2) is 53.9 Å². The van der Waals surface area contributed by atoms with Crippen molar-refractivity contribution in [3.8, 4) is 22.0 Å². The zero-order chi connectivity index (χ0) is 17.4. The summed E-state index contributed by atoms with van der Waals surface area (Å²) in [5.74, 6) is 0.678. The first-order valence-corrected chi connectivity index (χ1v) is 10.1. The molecule has 9 heteroatoms. The van der Waals surface area contributed by atoms with Gasteiger partial charge in [-0.1, -0.05) is 18.2 Å². The lowest BCUT2D eigenvalue weighted by molar-refractivity contribution is 0.607. The standard InChI is InChI=1S/C16H13N5O2S2/c1-25(22,23)20-12-5-2-4-11(10-12)13-7-8-15-17-18-16(21(15)19-13)14-6-3-9-24-14/h2-10,20H,1H3. The highest BCUT2D eigenvalue weighted by molar-refractivity contribution is 7.92. The zero-order valence-electron chi connectivity index (χ0n) is 13.1. The first kappa shape index (κ1) is 15.7. The highest BCUT2D eigenvalue weighted by Crippen LogP contribution is 2.25. The van der Waals surface area contributed by atoms with Crippen molar-refractivity contribution < 1.29 is 8.42 Å². The molecule has 4 aromatic rings. The third-order valence-electron chi connectivity index (χ3n) is 3.47. The highest BCUT2D eigenvalue weighted by atomic mass is 32.2. The maximum atomic E-state index is 11.4. The molecule has 0 aliphatic carbocycles.